The van der Waals surface area contributed by atoms with E-state index in [1.807, 2.05) is 13.8 Å². The van der Waals surface area contributed by atoms with E-state index in [-0.39, 0.29) is 23.2 Å². The lowest BCUT2D eigenvalue weighted by atomic mass is 9.73. The second-order valence-electron chi connectivity index (χ2n) is 5.46. The van der Waals surface area contributed by atoms with E-state index < -0.39 is 0 Å². The van der Waals surface area contributed by atoms with Crippen LogP contribution in [0, 0.1) is 5.41 Å². The molecule has 0 aliphatic carbocycles. The van der Waals surface area contributed by atoms with Crippen LogP contribution < -0.4 is 0 Å². The molecule has 1 saturated heterocycles. The van der Waals surface area contributed by atoms with Crippen LogP contribution in [0.25, 0.3) is 0 Å². The molecule has 3 unspecified atom stereocenters. The predicted molar refractivity (Wildman–Crippen MR) is 58.2 cm³/mol. The van der Waals surface area contributed by atoms with Crippen molar-refractivity contribution < 1.29 is 9.84 Å². The molecule has 0 bridgehead atoms. The average Bonchev–Trinajstić information content (AvgIpc) is 2.22. The van der Waals surface area contributed by atoms with Crippen molar-refractivity contribution in [2.45, 2.75) is 58.8 Å². The summed E-state index contributed by atoms with van der Waals surface area (Å²) in [6, 6.07) is 0. The van der Waals surface area contributed by atoms with Gasteiger partial charge in [0.25, 0.3) is 0 Å². The zero-order valence-corrected chi connectivity index (χ0v) is 9.92. The Labute approximate surface area is 87.0 Å². The van der Waals surface area contributed by atoms with Crippen molar-refractivity contribution in [3.63, 3.8) is 0 Å². The molecule has 1 fully saturated rings. The van der Waals surface area contributed by atoms with Crippen molar-refractivity contribution in [2.24, 2.45) is 5.41 Å². The molecule has 0 radical (unpaired) electrons. The number of hydrogen-bond acceptors (Lipinski definition) is 2. The molecule has 1 N–H and O–H groups in total. The fourth-order valence-electron chi connectivity index (χ4n) is 2.54. The minimum Gasteiger partial charge on any atom is -0.393 e. The lowest BCUT2D eigenvalue weighted by Crippen LogP contribution is -2.38. The van der Waals surface area contributed by atoms with Crippen LogP contribution in [-0.4, -0.2) is 22.9 Å². The second kappa shape index (κ2) is 3.35. The van der Waals surface area contributed by atoms with E-state index in [2.05, 4.69) is 27.4 Å². The molecule has 82 valence electrons. The van der Waals surface area contributed by atoms with E-state index in [0.717, 1.165) is 12.0 Å². The van der Waals surface area contributed by atoms with Crippen LogP contribution >= 0.6 is 0 Å². The van der Waals surface area contributed by atoms with Crippen LogP contribution in [0.5, 0.6) is 0 Å². The van der Waals surface area contributed by atoms with Gasteiger partial charge in [-0.15, -0.1) is 0 Å². The fraction of sp³-hybridized carbons (Fsp3) is 0.833. The van der Waals surface area contributed by atoms with Gasteiger partial charge in [0.15, 0.2) is 0 Å². The minimum atomic E-state index is -0.369. The first kappa shape index (κ1) is 11.7. The van der Waals surface area contributed by atoms with Crippen LogP contribution in [0.1, 0.15) is 41.0 Å². The molecule has 0 spiro atoms. The molecular formula is C12H22O2. The van der Waals surface area contributed by atoms with Gasteiger partial charge in [0.2, 0.25) is 0 Å². The standard InChI is InChI=1S/C12H22O2/c1-8(2)10-12(6,9(3)13)7-11(4,5)14-10/h9-10,13H,1,7H2,2-6H3. The molecule has 1 aliphatic heterocycles. The summed E-state index contributed by atoms with van der Waals surface area (Å²) in [4.78, 5) is 0. The predicted octanol–water partition coefficient (Wildman–Crippen LogP) is 2.52. The third-order valence-electron chi connectivity index (χ3n) is 3.24. The summed E-state index contributed by atoms with van der Waals surface area (Å²) < 4.78 is 5.93. The Morgan fingerprint density at radius 1 is 1.50 bits per heavy atom. The van der Waals surface area contributed by atoms with Gasteiger partial charge >= 0.3 is 0 Å². The molecule has 0 saturated carbocycles. The maximum atomic E-state index is 9.84. The van der Waals surface area contributed by atoms with Gasteiger partial charge < -0.3 is 9.84 Å². The van der Waals surface area contributed by atoms with Gasteiger partial charge in [-0.2, -0.15) is 0 Å². The van der Waals surface area contributed by atoms with E-state index in [9.17, 15) is 5.11 Å². The number of aliphatic hydroxyl groups is 1. The third kappa shape index (κ3) is 1.86. The van der Waals surface area contributed by atoms with Gasteiger partial charge in [-0.3, -0.25) is 0 Å². The average molecular weight is 198 g/mol. The number of rotatable bonds is 2. The van der Waals surface area contributed by atoms with Crippen LogP contribution in [0.15, 0.2) is 12.2 Å². The van der Waals surface area contributed by atoms with E-state index >= 15 is 0 Å². The monoisotopic (exact) mass is 198 g/mol. The van der Waals surface area contributed by atoms with Gasteiger partial charge in [-0.25, -0.2) is 0 Å². The molecule has 2 nitrogen and oxygen atoms in total. The Kier molecular flexibility index (Phi) is 2.81. The van der Waals surface area contributed by atoms with Crippen molar-refractivity contribution in [2.75, 3.05) is 0 Å². The van der Waals surface area contributed by atoms with Crippen molar-refractivity contribution in [3.8, 4) is 0 Å². The van der Waals surface area contributed by atoms with Gasteiger partial charge in [-0.1, -0.05) is 19.1 Å². The summed E-state index contributed by atoms with van der Waals surface area (Å²) in [7, 11) is 0. The third-order valence-corrected chi connectivity index (χ3v) is 3.24. The summed E-state index contributed by atoms with van der Waals surface area (Å²) >= 11 is 0. The lowest BCUT2D eigenvalue weighted by molar-refractivity contribution is -0.0333. The van der Waals surface area contributed by atoms with Gasteiger partial charge in [0.05, 0.1) is 17.8 Å². The number of aliphatic hydroxyl groups excluding tert-OH is 1. The number of ether oxygens (including phenoxy) is 1. The fourth-order valence-corrected chi connectivity index (χ4v) is 2.54. The maximum Gasteiger partial charge on any atom is 0.0866 e. The summed E-state index contributed by atoms with van der Waals surface area (Å²) in [5.41, 5.74) is 0.643. The quantitative estimate of drug-likeness (QED) is 0.691. The molecule has 0 amide bonds. The van der Waals surface area contributed by atoms with Crippen LogP contribution in [0.4, 0.5) is 0 Å². The summed E-state index contributed by atoms with van der Waals surface area (Å²) in [5.74, 6) is 0. The first-order valence-corrected chi connectivity index (χ1v) is 5.20. The molecule has 0 aromatic rings. The van der Waals surface area contributed by atoms with E-state index in [1.54, 1.807) is 0 Å². The van der Waals surface area contributed by atoms with E-state index in [1.165, 1.54) is 0 Å². The Bertz CT molecular complexity index is 243. The first-order chi connectivity index (χ1) is 6.19. The normalized spacial score (nSPS) is 38.3. The Morgan fingerprint density at radius 3 is 2.29 bits per heavy atom. The highest BCUT2D eigenvalue weighted by Gasteiger charge is 2.51. The van der Waals surface area contributed by atoms with Gasteiger partial charge in [-0.05, 0) is 34.1 Å². The van der Waals surface area contributed by atoms with E-state index in [0.29, 0.717) is 0 Å². The lowest BCUT2D eigenvalue weighted by Gasteiger charge is -2.33. The van der Waals surface area contributed by atoms with Crippen molar-refractivity contribution in [1.82, 2.24) is 0 Å². The summed E-state index contributed by atoms with van der Waals surface area (Å²) in [6.45, 7) is 14.0. The molecular weight excluding hydrogens is 176 g/mol. The molecule has 1 rings (SSSR count). The Balaban J connectivity index is 2.99. The maximum absolute atomic E-state index is 9.84. The second-order valence-corrected chi connectivity index (χ2v) is 5.46. The molecule has 0 aromatic carbocycles. The van der Waals surface area contributed by atoms with Crippen molar-refractivity contribution in [3.05, 3.63) is 12.2 Å². The Hall–Kier alpha value is -0.340. The highest BCUT2D eigenvalue weighted by Crippen LogP contribution is 2.48. The SMILES string of the molecule is C=C(C)C1OC(C)(C)CC1(C)C(C)O. The first-order valence-electron chi connectivity index (χ1n) is 5.20. The zero-order chi connectivity index (χ0) is 11.1. The van der Waals surface area contributed by atoms with Gasteiger partial charge in [0.1, 0.15) is 0 Å². The summed E-state index contributed by atoms with van der Waals surface area (Å²) in [5, 5.41) is 9.84. The zero-order valence-electron chi connectivity index (χ0n) is 9.92. The number of hydrogen-bond donors (Lipinski definition) is 1. The molecule has 14 heavy (non-hydrogen) atoms. The molecule has 2 heteroatoms. The highest BCUT2D eigenvalue weighted by molar-refractivity contribution is 5.13. The molecule has 3 atom stereocenters. The largest absolute Gasteiger partial charge is 0.393 e. The van der Waals surface area contributed by atoms with Crippen molar-refractivity contribution >= 4 is 0 Å². The molecule has 1 aliphatic rings. The molecule has 1 heterocycles. The topological polar surface area (TPSA) is 29.5 Å². The molecule has 0 aromatic heterocycles. The van der Waals surface area contributed by atoms with E-state index in [4.69, 9.17) is 4.74 Å². The van der Waals surface area contributed by atoms with Gasteiger partial charge in [0, 0.05) is 5.41 Å². The summed E-state index contributed by atoms with van der Waals surface area (Å²) in [6.07, 6.45) is 0.471. The minimum absolute atomic E-state index is 0.0301. The van der Waals surface area contributed by atoms with Crippen molar-refractivity contribution in [1.29, 1.82) is 0 Å². The Morgan fingerprint density at radius 2 is 2.00 bits per heavy atom. The van der Waals surface area contributed by atoms with Crippen LogP contribution in [0.2, 0.25) is 0 Å². The van der Waals surface area contributed by atoms with Crippen LogP contribution in [0.3, 0.4) is 0 Å². The van der Waals surface area contributed by atoms with Crippen LogP contribution in [-0.2, 0) is 4.74 Å². The smallest absolute Gasteiger partial charge is 0.0866 e. The highest BCUT2D eigenvalue weighted by atomic mass is 16.5.